The van der Waals surface area contributed by atoms with E-state index in [0.29, 0.717) is 19.0 Å². The second-order valence-electron chi connectivity index (χ2n) is 5.74. The largest absolute Gasteiger partial charge is 0.363 e. The normalized spacial score (nSPS) is 11.6. The minimum Gasteiger partial charge on any atom is -0.363 e. The van der Waals surface area contributed by atoms with Crippen LogP contribution in [0.2, 0.25) is 0 Å². The Morgan fingerprint density at radius 1 is 1.16 bits per heavy atom. The quantitative estimate of drug-likeness (QED) is 0.535. The molecule has 130 valence electrons. The average Bonchev–Trinajstić information content (AvgIpc) is 3.05. The molecule has 3 aromatic rings. The Bertz CT molecular complexity index is 868. The lowest BCUT2D eigenvalue weighted by Crippen LogP contribution is -2.36. The molecule has 0 spiro atoms. The van der Waals surface area contributed by atoms with Gasteiger partial charge in [-0.1, -0.05) is 6.07 Å². The first-order chi connectivity index (χ1) is 12.2. The van der Waals surface area contributed by atoms with Crippen LogP contribution in [-0.4, -0.2) is 46.7 Å². The first-order valence-electron chi connectivity index (χ1n) is 8.03. The predicted molar refractivity (Wildman–Crippen MR) is 98.6 cm³/mol. The second kappa shape index (κ2) is 7.61. The van der Waals surface area contributed by atoms with Crippen LogP contribution in [0.4, 0.5) is 5.82 Å². The molecule has 0 amide bonds. The summed E-state index contributed by atoms with van der Waals surface area (Å²) in [7, 11) is 5.70. The smallest absolute Gasteiger partial charge is 0.191 e. The maximum absolute atomic E-state index is 4.32. The van der Waals surface area contributed by atoms with Gasteiger partial charge in [0.25, 0.3) is 0 Å². The van der Waals surface area contributed by atoms with Gasteiger partial charge in [-0.15, -0.1) is 10.2 Å². The number of nitrogens with one attached hydrogen (secondary N) is 2. The number of pyridine rings is 2. The lowest BCUT2D eigenvalue weighted by molar-refractivity contribution is 0.762. The van der Waals surface area contributed by atoms with E-state index in [1.807, 2.05) is 66.1 Å². The number of fused-ring (bicyclic) bond motifs is 1. The molecule has 0 fully saturated rings. The van der Waals surface area contributed by atoms with E-state index in [1.54, 1.807) is 7.05 Å². The highest BCUT2D eigenvalue weighted by molar-refractivity contribution is 5.79. The van der Waals surface area contributed by atoms with Crippen molar-refractivity contribution in [1.82, 2.24) is 30.2 Å². The maximum atomic E-state index is 4.32. The summed E-state index contributed by atoms with van der Waals surface area (Å²) in [5, 5.41) is 14.9. The minimum absolute atomic E-state index is 0.532. The zero-order chi connectivity index (χ0) is 17.6. The number of nitrogens with zero attached hydrogens (tertiary/aromatic N) is 6. The number of hydrogen-bond acceptors (Lipinski definition) is 5. The maximum Gasteiger partial charge on any atom is 0.191 e. The van der Waals surface area contributed by atoms with Gasteiger partial charge in [0.15, 0.2) is 17.4 Å². The number of rotatable bonds is 5. The van der Waals surface area contributed by atoms with E-state index in [0.717, 1.165) is 22.9 Å². The van der Waals surface area contributed by atoms with Crippen LogP contribution in [0.3, 0.4) is 0 Å². The Morgan fingerprint density at radius 3 is 2.80 bits per heavy atom. The van der Waals surface area contributed by atoms with Gasteiger partial charge in [-0.25, -0.2) is 4.98 Å². The predicted octanol–water partition coefficient (Wildman–Crippen LogP) is 1.06. The molecule has 0 saturated carbocycles. The highest BCUT2D eigenvalue weighted by Crippen LogP contribution is 2.09. The summed E-state index contributed by atoms with van der Waals surface area (Å²) >= 11 is 0. The Morgan fingerprint density at radius 2 is 2.00 bits per heavy atom. The molecule has 0 aromatic carbocycles. The van der Waals surface area contributed by atoms with Crippen molar-refractivity contribution < 1.29 is 0 Å². The topological polar surface area (TPSA) is 82.7 Å². The fraction of sp³-hybridized carbons (Fsp3) is 0.294. The molecule has 25 heavy (non-hydrogen) atoms. The van der Waals surface area contributed by atoms with Crippen molar-refractivity contribution in [2.45, 2.75) is 13.1 Å². The first-order valence-corrected chi connectivity index (χ1v) is 8.03. The Labute approximate surface area is 146 Å². The molecule has 0 saturated heterocycles. The Hall–Kier alpha value is -3.16. The molecule has 3 heterocycles. The molecule has 0 aliphatic carbocycles. The summed E-state index contributed by atoms with van der Waals surface area (Å²) in [6.45, 7) is 1.19. The molecule has 3 rings (SSSR count). The number of hydrogen-bond donors (Lipinski definition) is 2. The summed E-state index contributed by atoms with van der Waals surface area (Å²) in [5.41, 5.74) is 1.96. The van der Waals surface area contributed by atoms with Crippen molar-refractivity contribution in [2.75, 3.05) is 26.0 Å². The van der Waals surface area contributed by atoms with Gasteiger partial charge in [0.1, 0.15) is 5.82 Å². The third-order valence-electron chi connectivity index (χ3n) is 3.75. The van der Waals surface area contributed by atoms with Crippen LogP contribution in [0.25, 0.3) is 5.65 Å². The molecule has 8 heteroatoms. The van der Waals surface area contributed by atoms with E-state index >= 15 is 0 Å². The van der Waals surface area contributed by atoms with Crippen molar-refractivity contribution >= 4 is 17.4 Å². The first kappa shape index (κ1) is 16.7. The van der Waals surface area contributed by atoms with Crippen LogP contribution in [0.1, 0.15) is 11.4 Å². The van der Waals surface area contributed by atoms with Crippen molar-refractivity contribution in [1.29, 1.82) is 0 Å². The van der Waals surface area contributed by atoms with Gasteiger partial charge in [0.2, 0.25) is 0 Å². The van der Waals surface area contributed by atoms with Gasteiger partial charge in [0, 0.05) is 40.1 Å². The monoisotopic (exact) mass is 338 g/mol. The molecule has 3 aromatic heterocycles. The van der Waals surface area contributed by atoms with Gasteiger partial charge >= 0.3 is 0 Å². The average molecular weight is 338 g/mol. The van der Waals surface area contributed by atoms with E-state index in [1.165, 1.54) is 0 Å². The van der Waals surface area contributed by atoms with E-state index in [4.69, 9.17) is 0 Å². The number of guanidine groups is 1. The zero-order valence-corrected chi connectivity index (χ0v) is 14.6. The molecule has 0 bridgehead atoms. The SMILES string of the molecule is CN=C(NCc1ccnc(N(C)C)c1)NCc1nnc2ccccn12. The lowest BCUT2D eigenvalue weighted by Gasteiger charge is -2.14. The Kier molecular flexibility index (Phi) is 5.08. The minimum atomic E-state index is 0.532. The van der Waals surface area contributed by atoms with Gasteiger partial charge in [-0.2, -0.15) is 0 Å². The third kappa shape index (κ3) is 4.03. The van der Waals surface area contributed by atoms with Crippen molar-refractivity contribution in [3.05, 3.63) is 54.1 Å². The summed E-state index contributed by atoms with van der Waals surface area (Å²) < 4.78 is 1.95. The molecular weight excluding hydrogens is 316 g/mol. The summed E-state index contributed by atoms with van der Waals surface area (Å²) in [5.74, 6) is 2.46. The van der Waals surface area contributed by atoms with Gasteiger partial charge in [-0.3, -0.25) is 9.39 Å². The molecule has 0 atom stereocenters. The van der Waals surface area contributed by atoms with Crippen LogP contribution in [-0.2, 0) is 13.1 Å². The van der Waals surface area contributed by atoms with Crippen LogP contribution in [0, 0.1) is 0 Å². The fourth-order valence-corrected chi connectivity index (χ4v) is 2.40. The highest BCUT2D eigenvalue weighted by Gasteiger charge is 2.06. The van der Waals surface area contributed by atoms with Crippen LogP contribution in [0.5, 0.6) is 0 Å². The summed E-state index contributed by atoms with van der Waals surface area (Å²) in [6, 6.07) is 9.86. The van der Waals surface area contributed by atoms with Crippen molar-refractivity contribution in [3.8, 4) is 0 Å². The van der Waals surface area contributed by atoms with Crippen LogP contribution >= 0.6 is 0 Å². The van der Waals surface area contributed by atoms with E-state index < -0.39 is 0 Å². The van der Waals surface area contributed by atoms with Crippen LogP contribution < -0.4 is 15.5 Å². The molecule has 0 radical (unpaired) electrons. The third-order valence-corrected chi connectivity index (χ3v) is 3.75. The second-order valence-corrected chi connectivity index (χ2v) is 5.74. The Balaban J connectivity index is 1.59. The van der Waals surface area contributed by atoms with Crippen molar-refractivity contribution in [3.63, 3.8) is 0 Å². The number of aromatic nitrogens is 4. The van der Waals surface area contributed by atoms with E-state index in [9.17, 15) is 0 Å². The summed E-state index contributed by atoms with van der Waals surface area (Å²) in [4.78, 5) is 10.5. The van der Waals surface area contributed by atoms with Crippen molar-refractivity contribution in [2.24, 2.45) is 4.99 Å². The highest BCUT2D eigenvalue weighted by atomic mass is 15.3. The summed E-state index contributed by atoms with van der Waals surface area (Å²) in [6.07, 6.45) is 3.76. The van der Waals surface area contributed by atoms with Crippen LogP contribution in [0.15, 0.2) is 47.7 Å². The fourth-order valence-electron chi connectivity index (χ4n) is 2.40. The van der Waals surface area contributed by atoms with Gasteiger partial charge in [0.05, 0.1) is 6.54 Å². The van der Waals surface area contributed by atoms with Gasteiger partial charge in [-0.05, 0) is 29.8 Å². The number of anilines is 1. The lowest BCUT2D eigenvalue weighted by atomic mass is 10.2. The van der Waals surface area contributed by atoms with E-state index in [2.05, 4.69) is 30.8 Å². The standard InChI is InChI=1S/C17H22N8/c1-18-17(20-11-13-7-8-19-15(10-13)24(2)3)21-12-16-23-22-14-6-4-5-9-25(14)16/h4-10H,11-12H2,1-3H3,(H2,18,20,21). The number of aliphatic imine (C=N–C) groups is 1. The molecule has 0 aliphatic rings. The molecule has 0 aliphatic heterocycles. The zero-order valence-electron chi connectivity index (χ0n) is 14.6. The molecule has 2 N–H and O–H groups in total. The molecular formula is C17H22N8. The van der Waals surface area contributed by atoms with Gasteiger partial charge < -0.3 is 15.5 Å². The molecule has 8 nitrogen and oxygen atoms in total. The molecule has 0 unspecified atom stereocenters. The van der Waals surface area contributed by atoms with E-state index in [-0.39, 0.29) is 0 Å².